The predicted octanol–water partition coefficient (Wildman–Crippen LogP) is 4.67. The van der Waals surface area contributed by atoms with E-state index in [2.05, 4.69) is 11.9 Å². The van der Waals surface area contributed by atoms with E-state index >= 15 is 0 Å². The maximum atomic E-state index is 12.0. The maximum Gasteiger partial charge on any atom is 0.247 e. The van der Waals surface area contributed by atoms with E-state index in [4.69, 9.17) is 0 Å². The fourth-order valence-corrected chi connectivity index (χ4v) is 2.63. The van der Waals surface area contributed by atoms with E-state index in [0.717, 1.165) is 12.8 Å². The second-order valence-corrected chi connectivity index (χ2v) is 5.61. The number of Topliss-reactive ketones (excluding diaryl/α,β-unsaturated/α-hetero) is 2. The van der Waals surface area contributed by atoms with E-state index in [1.165, 1.54) is 32.1 Å². The Morgan fingerprint density at radius 2 is 1.52 bits per heavy atom. The first kappa shape index (κ1) is 15.6. The first-order chi connectivity index (χ1) is 10.2. The van der Waals surface area contributed by atoms with Gasteiger partial charge in [0.15, 0.2) is 0 Å². The highest BCUT2D eigenvalue weighted by Crippen LogP contribution is 2.25. The van der Waals surface area contributed by atoms with Crippen LogP contribution in [0.2, 0.25) is 0 Å². The second-order valence-electron chi connectivity index (χ2n) is 5.61. The molecule has 0 saturated heterocycles. The summed E-state index contributed by atoms with van der Waals surface area (Å²) in [5.41, 5.74) is 1.51. The Bertz CT molecular complexity index is 546. The number of ketones is 2. The zero-order valence-electron chi connectivity index (χ0n) is 12.7. The van der Waals surface area contributed by atoms with Crippen LogP contribution in [0, 0.1) is 0 Å². The number of rotatable bonds is 8. The Balaban J connectivity index is 1.85. The minimum Gasteiger partial charge on any atom is -0.285 e. The molecule has 0 atom stereocenters. The maximum absolute atomic E-state index is 12.0. The van der Waals surface area contributed by atoms with Crippen molar-refractivity contribution in [2.45, 2.75) is 58.3 Å². The molecule has 0 unspecified atom stereocenters. The average molecular weight is 285 g/mol. The summed E-state index contributed by atoms with van der Waals surface area (Å²) in [5.74, 6) is -0.821. The first-order valence-corrected chi connectivity index (χ1v) is 7.99. The molecule has 2 rings (SSSR count). The third-order valence-corrected chi connectivity index (χ3v) is 3.89. The van der Waals surface area contributed by atoms with Crippen LogP contribution in [-0.4, -0.2) is 17.3 Å². The fourth-order valence-electron chi connectivity index (χ4n) is 2.63. The molecule has 0 fully saturated rings. The zero-order chi connectivity index (χ0) is 15.1. The lowest BCUT2D eigenvalue weighted by atomic mass is 9.96. The Hall–Kier alpha value is -1.77. The van der Waals surface area contributed by atoms with Crippen LogP contribution in [0.25, 0.3) is 0 Å². The topological polar surface area (TPSA) is 46.5 Å². The zero-order valence-corrected chi connectivity index (χ0v) is 12.7. The van der Waals surface area contributed by atoms with Gasteiger partial charge in [0, 0.05) is 0 Å². The van der Waals surface area contributed by atoms with Crippen molar-refractivity contribution in [3.05, 3.63) is 29.8 Å². The van der Waals surface area contributed by atoms with Gasteiger partial charge in [-0.2, -0.15) is 0 Å². The van der Waals surface area contributed by atoms with Crippen LogP contribution in [-0.2, 0) is 4.79 Å². The summed E-state index contributed by atoms with van der Waals surface area (Å²) >= 11 is 0. The highest BCUT2D eigenvalue weighted by molar-refractivity contribution is 6.70. The van der Waals surface area contributed by atoms with Crippen molar-refractivity contribution in [2.75, 3.05) is 0 Å². The van der Waals surface area contributed by atoms with Gasteiger partial charge >= 0.3 is 0 Å². The number of benzene rings is 1. The smallest absolute Gasteiger partial charge is 0.247 e. The summed E-state index contributed by atoms with van der Waals surface area (Å²) in [6.07, 6.45) is 8.97. The molecule has 0 aliphatic carbocycles. The lowest BCUT2D eigenvalue weighted by molar-refractivity contribution is -0.109. The normalized spacial score (nSPS) is 14.0. The van der Waals surface area contributed by atoms with E-state index in [0.29, 0.717) is 23.4 Å². The minimum atomic E-state index is -0.417. The van der Waals surface area contributed by atoms with Gasteiger partial charge in [0.25, 0.3) is 0 Å². The molecule has 0 bridgehead atoms. The first-order valence-electron chi connectivity index (χ1n) is 7.99. The molecule has 1 aromatic carbocycles. The van der Waals surface area contributed by atoms with E-state index in [-0.39, 0.29) is 0 Å². The Morgan fingerprint density at radius 1 is 0.857 bits per heavy atom. The third-order valence-electron chi connectivity index (χ3n) is 3.89. The van der Waals surface area contributed by atoms with Crippen LogP contribution in [0.5, 0.6) is 0 Å². The van der Waals surface area contributed by atoms with Gasteiger partial charge in [0.2, 0.25) is 11.6 Å². The number of aliphatic imine (C=N–C) groups is 1. The van der Waals surface area contributed by atoms with Crippen molar-refractivity contribution in [3.63, 3.8) is 0 Å². The second kappa shape index (κ2) is 7.87. The number of unbranched alkanes of at least 4 members (excludes halogenated alkanes) is 6. The van der Waals surface area contributed by atoms with Gasteiger partial charge in [-0.25, -0.2) is 4.99 Å². The highest BCUT2D eigenvalue weighted by Gasteiger charge is 2.28. The summed E-state index contributed by atoms with van der Waals surface area (Å²) < 4.78 is 0. The number of carbonyl (C=O) groups excluding carboxylic acids is 2. The third kappa shape index (κ3) is 4.10. The summed E-state index contributed by atoms with van der Waals surface area (Å²) in [6.45, 7) is 2.21. The molecule has 21 heavy (non-hydrogen) atoms. The number of hydrogen-bond acceptors (Lipinski definition) is 3. The van der Waals surface area contributed by atoms with Crippen LogP contribution in [0.1, 0.15) is 68.6 Å². The van der Waals surface area contributed by atoms with E-state index in [9.17, 15) is 9.59 Å². The predicted molar refractivity (Wildman–Crippen MR) is 85.5 cm³/mol. The molecule has 3 heteroatoms. The molecule has 0 aromatic heterocycles. The molecule has 1 aromatic rings. The van der Waals surface area contributed by atoms with Crippen molar-refractivity contribution >= 4 is 23.0 Å². The lowest BCUT2D eigenvalue weighted by Crippen LogP contribution is -2.27. The van der Waals surface area contributed by atoms with Crippen LogP contribution in [0.4, 0.5) is 5.69 Å². The molecule has 3 nitrogen and oxygen atoms in total. The molecule has 112 valence electrons. The van der Waals surface area contributed by atoms with E-state index in [1.807, 2.05) is 6.07 Å². The molecule has 1 heterocycles. The van der Waals surface area contributed by atoms with Crippen LogP contribution >= 0.6 is 0 Å². The van der Waals surface area contributed by atoms with Crippen LogP contribution in [0.3, 0.4) is 0 Å². The Labute approximate surface area is 126 Å². The van der Waals surface area contributed by atoms with Gasteiger partial charge in [-0.1, -0.05) is 57.6 Å². The lowest BCUT2D eigenvalue weighted by Gasteiger charge is -2.13. The van der Waals surface area contributed by atoms with Crippen molar-refractivity contribution < 1.29 is 9.59 Å². The number of carbonyl (C=O) groups is 2. The molecule has 1 aliphatic rings. The van der Waals surface area contributed by atoms with Crippen molar-refractivity contribution in [2.24, 2.45) is 4.99 Å². The molecule has 0 saturated carbocycles. The van der Waals surface area contributed by atoms with Crippen LogP contribution < -0.4 is 0 Å². The SMILES string of the molecule is CCCCCCCCCC1=Nc2ccccc2C(=O)C1=O. The molecule has 0 amide bonds. The number of fused-ring (bicyclic) bond motifs is 1. The minimum absolute atomic E-state index is 0.404. The van der Waals surface area contributed by atoms with Gasteiger partial charge < -0.3 is 0 Å². The van der Waals surface area contributed by atoms with E-state index in [1.54, 1.807) is 18.2 Å². The Kier molecular flexibility index (Phi) is 5.85. The van der Waals surface area contributed by atoms with Gasteiger partial charge in [0.1, 0.15) is 0 Å². The summed E-state index contributed by atoms with van der Waals surface area (Å²) in [5, 5.41) is 0. The highest BCUT2D eigenvalue weighted by atomic mass is 16.2. The van der Waals surface area contributed by atoms with Gasteiger partial charge in [-0.05, 0) is 25.0 Å². The number of nitrogens with zero attached hydrogens (tertiary/aromatic N) is 1. The Morgan fingerprint density at radius 3 is 2.29 bits per heavy atom. The monoisotopic (exact) mass is 285 g/mol. The molecule has 1 aliphatic heterocycles. The largest absolute Gasteiger partial charge is 0.285 e. The number of para-hydroxylation sites is 1. The molecule has 0 radical (unpaired) electrons. The van der Waals surface area contributed by atoms with Gasteiger partial charge in [-0.3, -0.25) is 9.59 Å². The van der Waals surface area contributed by atoms with Crippen molar-refractivity contribution in [1.29, 1.82) is 0 Å². The fraction of sp³-hybridized carbons (Fsp3) is 0.500. The quantitative estimate of drug-likeness (QED) is 0.515. The van der Waals surface area contributed by atoms with Gasteiger partial charge in [0.05, 0.1) is 17.0 Å². The van der Waals surface area contributed by atoms with Crippen LogP contribution in [0.15, 0.2) is 29.3 Å². The van der Waals surface area contributed by atoms with Gasteiger partial charge in [-0.15, -0.1) is 0 Å². The summed E-state index contributed by atoms with van der Waals surface area (Å²) in [6, 6.07) is 7.07. The molecular weight excluding hydrogens is 262 g/mol. The summed E-state index contributed by atoms with van der Waals surface area (Å²) in [4.78, 5) is 28.4. The van der Waals surface area contributed by atoms with Crippen molar-refractivity contribution in [3.8, 4) is 0 Å². The molecule has 0 spiro atoms. The molecule has 0 N–H and O–H groups in total. The number of hydrogen-bond donors (Lipinski definition) is 0. The standard InChI is InChI=1S/C18H23NO2/c1-2-3-4-5-6-7-8-13-16-18(21)17(20)14-11-9-10-12-15(14)19-16/h9-12H,2-8,13H2,1H3. The van der Waals surface area contributed by atoms with E-state index < -0.39 is 11.6 Å². The molecular formula is C18H23NO2. The average Bonchev–Trinajstić information content (AvgIpc) is 2.51. The summed E-state index contributed by atoms with van der Waals surface area (Å²) in [7, 11) is 0. The van der Waals surface area contributed by atoms with Crippen molar-refractivity contribution in [1.82, 2.24) is 0 Å².